The van der Waals surface area contributed by atoms with Crippen LogP contribution in [0.15, 0.2) is 11.4 Å². The molecule has 3 N–H and O–H groups in total. The highest BCUT2D eigenvalue weighted by atomic mass is 32.1. The minimum atomic E-state index is -0.0139. The van der Waals surface area contributed by atoms with Crippen molar-refractivity contribution in [1.82, 2.24) is 5.32 Å². The molecule has 1 heterocycles. The highest BCUT2D eigenvalue weighted by Crippen LogP contribution is 2.34. The Balaban J connectivity index is 1.91. The van der Waals surface area contributed by atoms with E-state index in [0.29, 0.717) is 16.6 Å². The first-order chi connectivity index (χ1) is 7.70. The van der Waals surface area contributed by atoms with Crippen molar-refractivity contribution >= 4 is 22.9 Å². The van der Waals surface area contributed by atoms with Crippen molar-refractivity contribution in [3.63, 3.8) is 0 Å². The summed E-state index contributed by atoms with van der Waals surface area (Å²) in [4.78, 5) is 12.6. The molecule has 1 amide bonds. The van der Waals surface area contributed by atoms with E-state index in [1.54, 1.807) is 6.07 Å². The van der Waals surface area contributed by atoms with Gasteiger partial charge in [0.05, 0.1) is 5.69 Å². The average molecular weight is 238 g/mol. The van der Waals surface area contributed by atoms with Crippen molar-refractivity contribution in [2.75, 3.05) is 5.73 Å². The van der Waals surface area contributed by atoms with E-state index in [9.17, 15) is 4.79 Å². The number of nitrogens with one attached hydrogen (secondary N) is 1. The number of amides is 1. The van der Waals surface area contributed by atoms with E-state index in [4.69, 9.17) is 5.73 Å². The number of nitrogen functional groups attached to an aromatic ring is 1. The Morgan fingerprint density at radius 3 is 2.94 bits per heavy atom. The lowest BCUT2D eigenvalue weighted by Gasteiger charge is -2.16. The fourth-order valence-electron chi connectivity index (χ4n) is 1.84. The van der Waals surface area contributed by atoms with Crippen LogP contribution in [0, 0.1) is 5.92 Å². The highest BCUT2D eigenvalue weighted by molar-refractivity contribution is 7.12. The maximum Gasteiger partial charge on any atom is 0.263 e. The molecule has 0 aromatic carbocycles. The smallest absolute Gasteiger partial charge is 0.263 e. The topological polar surface area (TPSA) is 55.1 Å². The van der Waals surface area contributed by atoms with Gasteiger partial charge in [0.25, 0.3) is 5.91 Å². The van der Waals surface area contributed by atoms with E-state index in [0.717, 1.165) is 18.8 Å². The molecular weight excluding hydrogens is 220 g/mol. The van der Waals surface area contributed by atoms with E-state index in [2.05, 4.69) is 12.2 Å². The summed E-state index contributed by atoms with van der Waals surface area (Å²) in [6.07, 6.45) is 4.77. The van der Waals surface area contributed by atoms with Crippen LogP contribution in [0.25, 0.3) is 0 Å². The maximum absolute atomic E-state index is 11.9. The Bertz CT molecular complexity index is 371. The third-order valence-corrected chi connectivity index (χ3v) is 3.97. The monoisotopic (exact) mass is 238 g/mol. The summed E-state index contributed by atoms with van der Waals surface area (Å²) >= 11 is 1.41. The molecule has 1 aromatic heterocycles. The van der Waals surface area contributed by atoms with Crippen LogP contribution in [-0.4, -0.2) is 11.9 Å². The van der Waals surface area contributed by atoms with Gasteiger partial charge in [-0.1, -0.05) is 19.8 Å². The maximum atomic E-state index is 11.9. The van der Waals surface area contributed by atoms with Crippen LogP contribution >= 0.6 is 11.3 Å². The molecule has 0 radical (unpaired) electrons. The number of anilines is 1. The summed E-state index contributed by atoms with van der Waals surface area (Å²) in [5.74, 6) is 0.825. The number of carbonyl (C=O) groups is 1. The second kappa shape index (κ2) is 4.87. The predicted molar refractivity (Wildman–Crippen MR) is 67.6 cm³/mol. The molecule has 88 valence electrons. The van der Waals surface area contributed by atoms with Gasteiger partial charge in [0.2, 0.25) is 0 Å². The van der Waals surface area contributed by atoms with E-state index in [1.807, 2.05) is 5.38 Å². The third-order valence-electron chi connectivity index (χ3n) is 3.04. The van der Waals surface area contributed by atoms with Gasteiger partial charge < -0.3 is 11.1 Å². The molecule has 1 saturated carbocycles. The van der Waals surface area contributed by atoms with E-state index in [1.165, 1.54) is 24.2 Å². The number of hydrogen-bond donors (Lipinski definition) is 2. The molecule has 0 spiro atoms. The van der Waals surface area contributed by atoms with Gasteiger partial charge in [-0.15, -0.1) is 11.3 Å². The molecule has 16 heavy (non-hydrogen) atoms. The summed E-state index contributed by atoms with van der Waals surface area (Å²) in [6.45, 7) is 2.12. The lowest BCUT2D eigenvalue weighted by atomic mass is 10.1. The molecule has 0 bridgehead atoms. The largest absolute Gasteiger partial charge is 0.397 e. The number of thiophene rings is 1. The van der Waals surface area contributed by atoms with Gasteiger partial charge >= 0.3 is 0 Å². The van der Waals surface area contributed by atoms with Crippen molar-refractivity contribution < 1.29 is 4.79 Å². The average Bonchev–Trinajstić information content (AvgIpc) is 2.97. The minimum Gasteiger partial charge on any atom is -0.397 e. The van der Waals surface area contributed by atoms with Gasteiger partial charge in [0.1, 0.15) is 4.88 Å². The zero-order valence-corrected chi connectivity index (χ0v) is 10.3. The Hall–Kier alpha value is -1.03. The quantitative estimate of drug-likeness (QED) is 0.828. The van der Waals surface area contributed by atoms with Crippen LogP contribution in [0.4, 0.5) is 5.69 Å². The van der Waals surface area contributed by atoms with Gasteiger partial charge in [-0.05, 0) is 30.2 Å². The fourth-order valence-corrected chi connectivity index (χ4v) is 2.56. The Kier molecular flexibility index (Phi) is 3.49. The summed E-state index contributed by atoms with van der Waals surface area (Å²) in [6, 6.07) is 2.09. The summed E-state index contributed by atoms with van der Waals surface area (Å²) in [7, 11) is 0. The molecule has 1 fully saturated rings. The van der Waals surface area contributed by atoms with Gasteiger partial charge in [-0.3, -0.25) is 4.79 Å². The lowest BCUT2D eigenvalue weighted by molar-refractivity contribution is 0.0937. The van der Waals surface area contributed by atoms with Crippen LogP contribution in [0.1, 0.15) is 42.3 Å². The van der Waals surface area contributed by atoms with Crippen molar-refractivity contribution in [3.8, 4) is 0 Å². The molecule has 1 unspecified atom stereocenters. The Morgan fingerprint density at radius 2 is 2.44 bits per heavy atom. The summed E-state index contributed by atoms with van der Waals surface area (Å²) in [5.41, 5.74) is 6.31. The minimum absolute atomic E-state index is 0.0139. The SMILES string of the molecule is CCC(CC1CC1)NC(=O)c1sccc1N. The normalized spacial score (nSPS) is 17.1. The first-order valence-electron chi connectivity index (χ1n) is 5.84. The first-order valence-corrected chi connectivity index (χ1v) is 6.72. The van der Waals surface area contributed by atoms with Crippen LogP contribution in [-0.2, 0) is 0 Å². The number of carbonyl (C=O) groups excluding carboxylic acids is 1. The molecule has 0 saturated heterocycles. The van der Waals surface area contributed by atoms with Crippen LogP contribution in [0.3, 0.4) is 0 Å². The summed E-state index contributed by atoms with van der Waals surface area (Å²) in [5, 5.41) is 4.93. The highest BCUT2D eigenvalue weighted by Gasteiger charge is 2.26. The van der Waals surface area contributed by atoms with Crippen molar-refractivity contribution in [2.45, 2.75) is 38.6 Å². The number of rotatable bonds is 5. The van der Waals surface area contributed by atoms with Crippen molar-refractivity contribution in [3.05, 3.63) is 16.3 Å². The summed E-state index contributed by atoms with van der Waals surface area (Å²) < 4.78 is 0. The van der Waals surface area contributed by atoms with Crippen molar-refractivity contribution in [2.24, 2.45) is 5.92 Å². The first kappa shape index (κ1) is 11.5. The van der Waals surface area contributed by atoms with Gasteiger partial charge in [-0.25, -0.2) is 0 Å². The van der Waals surface area contributed by atoms with E-state index >= 15 is 0 Å². The second-order valence-corrected chi connectivity index (χ2v) is 5.38. The zero-order valence-electron chi connectivity index (χ0n) is 9.53. The second-order valence-electron chi connectivity index (χ2n) is 4.46. The van der Waals surface area contributed by atoms with Gasteiger partial charge in [-0.2, -0.15) is 0 Å². The molecule has 3 nitrogen and oxygen atoms in total. The molecule has 1 aliphatic rings. The predicted octanol–water partition coefficient (Wildman–Crippen LogP) is 2.64. The lowest BCUT2D eigenvalue weighted by Crippen LogP contribution is -2.34. The van der Waals surface area contributed by atoms with Crippen LogP contribution in [0.2, 0.25) is 0 Å². The standard InChI is InChI=1S/C12H18N2OS/c1-2-9(7-8-3-4-8)14-12(15)11-10(13)5-6-16-11/h5-6,8-9H,2-4,7,13H2,1H3,(H,14,15). The molecular formula is C12H18N2OS. The molecule has 1 aliphatic carbocycles. The van der Waals surface area contributed by atoms with Gasteiger partial charge in [0.15, 0.2) is 0 Å². The molecule has 1 atom stereocenters. The van der Waals surface area contributed by atoms with E-state index < -0.39 is 0 Å². The van der Waals surface area contributed by atoms with E-state index in [-0.39, 0.29) is 5.91 Å². The third kappa shape index (κ3) is 2.76. The van der Waals surface area contributed by atoms with Crippen LogP contribution in [0.5, 0.6) is 0 Å². The van der Waals surface area contributed by atoms with Crippen molar-refractivity contribution in [1.29, 1.82) is 0 Å². The fraction of sp³-hybridized carbons (Fsp3) is 0.583. The Morgan fingerprint density at radius 1 is 1.69 bits per heavy atom. The number of hydrogen-bond acceptors (Lipinski definition) is 3. The van der Waals surface area contributed by atoms with Gasteiger partial charge in [0, 0.05) is 6.04 Å². The molecule has 4 heteroatoms. The Labute approximate surface area is 100 Å². The zero-order chi connectivity index (χ0) is 11.5. The molecule has 0 aliphatic heterocycles. The van der Waals surface area contributed by atoms with Crippen LogP contribution < -0.4 is 11.1 Å². The number of nitrogens with two attached hydrogens (primary N) is 1. The molecule has 2 rings (SSSR count). The molecule has 1 aromatic rings.